The molecule has 4 rings (SSSR count). The predicted octanol–water partition coefficient (Wildman–Crippen LogP) is 3.64. The SMILES string of the molecule is CC(C)(CNC(=O)c1cncc(-c2noc(C(F)(F)F)n2)c1)c1nc(-c2ccccc2)n[nH]1. The third kappa shape index (κ3) is 4.89. The van der Waals surface area contributed by atoms with E-state index in [-0.39, 0.29) is 23.5 Å². The summed E-state index contributed by atoms with van der Waals surface area (Å²) in [7, 11) is 0. The Hall–Kier alpha value is -4.09. The summed E-state index contributed by atoms with van der Waals surface area (Å²) in [6, 6.07) is 10.8. The Kier molecular flexibility index (Phi) is 5.66. The van der Waals surface area contributed by atoms with Crippen LogP contribution in [0.3, 0.4) is 0 Å². The fourth-order valence-electron chi connectivity index (χ4n) is 2.91. The van der Waals surface area contributed by atoms with E-state index in [1.165, 1.54) is 18.5 Å². The lowest BCUT2D eigenvalue weighted by molar-refractivity contribution is -0.159. The lowest BCUT2D eigenvalue weighted by atomic mass is 9.92. The van der Waals surface area contributed by atoms with Gasteiger partial charge in [-0.15, -0.1) is 0 Å². The van der Waals surface area contributed by atoms with Gasteiger partial charge in [0.15, 0.2) is 5.82 Å². The summed E-state index contributed by atoms with van der Waals surface area (Å²) in [6.07, 6.45) is -2.23. The van der Waals surface area contributed by atoms with E-state index < -0.39 is 23.4 Å². The van der Waals surface area contributed by atoms with Gasteiger partial charge in [0.2, 0.25) is 5.82 Å². The number of amides is 1. The molecule has 0 atom stereocenters. The summed E-state index contributed by atoms with van der Waals surface area (Å²) in [5.41, 5.74) is 0.515. The van der Waals surface area contributed by atoms with E-state index in [0.29, 0.717) is 11.6 Å². The number of pyridine rings is 1. The number of halogens is 3. The third-order valence-corrected chi connectivity index (χ3v) is 4.78. The summed E-state index contributed by atoms with van der Waals surface area (Å²) in [6.45, 7) is 3.98. The van der Waals surface area contributed by atoms with Crippen LogP contribution in [0.5, 0.6) is 0 Å². The number of nitrogens with one attached hydrogen (secondary N) is 2. The summed E-state index contributed by atoms with van der Waals surface area (Å²) in [4.78, 5) is 24.4. The molecule has 1 amide bonds. The highest BCUT2D eigenvalue weighted by molar-refractivity contribution is 5.94. The zero-order chi connectivity index (χ0) is 23.6. The van der Waals surface area contributed by atoms with E-state index >= 15 is 0 Å². The first kappa shape index (κ1) is 22.1. The molecule has 170 valence electrons. The highest BCUT2D eigenvalue weighted by atomic mass is 19.4. The van der Waals surface area contributed by atoms with Crippen LogP contribution in [0.15, 0.2) is 53.3 Å². The number of carbonyl (C=O) groups excluding carboxylic acids is 1. The van der Waals surface area contributed by atoms with Crippen molar-refractivity contribution in [3.05, 3.63) is 66.1 Å². The average Bonchev–Trinajstić information content (AvgIpc) is 3.49. The highest BCUT2D eigenvalue weighted by Gasteiger charge is 2.38. The number of hydrogen-bond acceptors (Lipinski definition) is 7. The minimum absolute atomic E-state index is 0.115. The van der Waals surface area contributed by atoms with E-state index in [1.54, 1.807) is 0 Å². The Morgan fingerprint density at radius 2 is 1.82 bits per heavy atom. The molecule has 0 radical (unpaired) electrons. The van der Waals surface area contributed by atoms with Gasteiger partial charge in [-0.05, 0) is 6.07 Å². The minimum atomic E-state index is -4.76. The van der Waals surface area contributed by atoms with Crippen molar-refractivity contribution in [1.29, 1.82) is 0 Å². The van der Waals surface area contributed by atoms with Gasteiger partial charge in [0.1, 0.15) is 5.82 Å². The number of rotatable bonds is 6. The van der Waals surface area contributed by atoms with Crippen molar-refractivity contribution in [3.8, 4) is 22.8 Å². The molecule has 12 heteroatoms. The minimum Gasteiger partial charge on any atom is -0.351 e. The number of carbonyl (C=O) groups is 1. The van der Waals surface area contributed by atoms with Crippen molar-refractivity contribution < 1.29 is 22.5 Å². The van der Waals surface area contributed by atoms with Crippen molar-refractivity contribution in [2.45, 2.75) is 25.4 Å². The van der Waals surface area contributed by atoms with Crippen LogP contribution in [-0.4, -0.2) is 42.8 Å². The van der Waals surface area contributed by atoms with Gasteiger partial charge in [-0.2, -0.15) is 23.3 Å². The van der Waals surface area contributed by atoms with Crippen molar-refractivity contribution in [2.75, 3.05) is 6.54 Å². The Morgan fingerprint density at radius 1 is 1.06 bits per heavy atom. The maximum Gasteiger partial charge on any atom is 0.471 e. The molecule has 0 aliphatic rings. The average molecular weight is 457 g/mol. The summed E-state index contributed by atoms with van der Waals surface area (Å²) < 4.78 is 42.3. The lowest BCUT2D eigenvalue weighted by Gasteiger charge is -2.22. The lowest BCUT2D eigenvalue weighted by Crippen LogP contribution is -2.37. The van der Waals surface area contributed by atoms with E-state index in [9.17, 15) is 18.0 Å². The van der Waals surface area contributed by atoms with Crippen molar-refractivity contribution in [1.82, 2.24) is 35.6 Å². The van der Waals surface area contributed by atoms with Crippen LogP contribution in [0.1, 0.15) is 35.9 Å². The molecule has 0 saturated heterocycles. The monoisotopic (exact) mass is 457 g/mol. The van der Waals surface area contributed by atoms with Crippen molar-refractivity contribution in [2.24, 2.45) is 0 Å². The third-order valence-electron chi connectivity index (χ3n) is 4.78. The largest absolute Gasteiger partial charge is 0.471 e. The topological polar surface area (TPSA) is 122 Å². The highest BCUT2D eigenvalue weighted by Crippen LogP contribution is 2.29. The number of nitrogens with zero attached hydrogens (tertiary/aromatic N) is 5. The van der Waals surface area contributed by atoms with E-state index in [1.807, 2.05) is 44.2 Å². The second kappa shape index (κ2) is 8.45. The van der Waals surface area contributed by atoms with Crippen molar-refractivity contribution >= 4 is 5.91 Å². The van der Waals surface area contributed by atoms with Crippen LogP contribution in [0.2, 0.25) is 0 Å². The molecule has 2 N–H and O–H groups in total. The number of H-pyrrole nitrogens is 1. The van der Waals surface area contributed by atoms with Crippen LogP contribution < -0.4 is 5.32 Å². The smallest absolute Gasteiger partial charge is 0.351 e. The maximum atomic E-state index is 12.7. The molecule has 0 saturated carbocycles. The number of aromatic amines is 1. The van der Waals surface area contributed by atoms with Gasteiger partial charge < -0.3 is 9.84 Å². The quantitative estimate of drug-likeness (QED) is 0.453. The van der Waals surface area contributed by atoms with E-state index in [2.05, 4.69) is 40.1 Å². The zero-order valence-corrected chi connectivity index (χ0v) is 17.5. The normalized spacial score (nSPS) is 12.0. The molecular formula is C21H18F3N7O2. The Morgan fingerprint density at radius 3 is 2.52 bits per heavy atom. The summed E-state index contributed by atoms with van der Waals surface area (Å²) >= 11 is 0. The molecule has 33 heavy (non-hydrogen) atoms. The van der Waals surface area contributed by atoms with Gasteiger partial charge in [0.25, 0.3) is 5.91 Å². The molecule has 9 nitrogen and oxygen atoms in total. The molecule has 0 spiro atoms. The van der Waals surface area contributed by atoms with Gasteiger partial charge >= 0.3 is 12.1 Å². The van der Waals surface area contributed by atoms with Gasteiger partial charge in [0, 0.05) is 35.5 Å². The first-order chi connectivity index (χ1) is 15.6. The van der Waals surface area contributed by atoms with E-state index in [4.69, 9.17) is 0 Å². The molecule has 0 bridgehead atoms. The summed E-state index contributed by atoms with van der Waals surface area (Å²) in [5, 5.41) is 13.2. The number of benzene rings is 1. The molecule has 0 aliphatic heterocycles. The zero-order valence-electron chi connectivity index (χ0n) is 17.5. The van der Waals surface area contributed by atoms with Crippen LogP contribution in [0, 0.1) is 0 Å². The fourth-order valence-corrected chi connectivity index (χ4v) is 2.91. The molecule has 1 aromatic carbocycles. The maximum absolute atomic E-state index is 12.7. The van der Waals surface area contributed by atoms with Crippen molar-refractivity contribution in [3.63, 3.8) is 0 Å². The van der Waals surface area contributed by atoms with Crippen LogP contribution >= 0.6 is 0 Å². The summed E-state index contributed by atoms with van der Waals surface area (Å²) in [5.74, 6) is -1.14. The number of hydrogen-bond donors (Lipinski definition) is 2. The Balaban J connectivity index is 1.45. The Labute approximate surface area is 185 Å². The second-order valence-corrected chi connectivity index (χ2v) is 7.82. The predicted molar refractivity (Wildman–Crippen MR) is 110 cm³/mol. The molecule has 3 heterocycles. The molecular weight excluding hydrogens is 439 g/mol. The van der Waals surface area contributed by atoms with Crippen LogP contribution in [0.25, 0.3) is 22.8 Å². The van der Waals surface area contributed by atoms with Crippen LogP contribution in [0.4, 0.5) is 13.2 Å². The molecule has 0 unspecified atom stereocenters. The number of aromatic nitrogens is 6. The molecule has 0 fully saturated rings. The van der Waals surface area contributed by atoms with Gasteiger partial charge in [-0.1, -0.05) is 49.3 Å². The molecule has 4 aromatic rings. The number of alkyl halides is 3. The first-order valence-corrected chi connectivity index (χ1v) is 9.76. The van der Waals surface area contributed by atoms with E-state index in [0.717, 1.165) is 5.56 Å². The standard InChI is InChI=1S/C21H18F3N7O2/c1-20(2,18-27-15(29-30-18)12-6-4-3-5-7-12)11-26-17(32)14-8-13(9-25-10-14)16-28-19(33-31-16)21(22,23)24/h3-10H,11H2,1-2H3,(H,26,32)(H,27,29,30). The fraction of sp³-hybridized carbons (Fsp3) is 0.238. The van der Waals surface area contributed by atoms with Gasteiger partial charge in [0.05, 0.1) is 5.56 Å². The molecule has 3 aromatic heterocycles. The van der Waals surface area contributed by atoms with Gasteiger partial charge in [-0.25, -0.2) is 4.98 Å². The van der Waals surface area contributed by atoms with Crippen LogP contribution in [-0.2, 0) is 11.6 Å². The van der Waals surface area contributed by atoms with Gasteiger partial charge in [-0.3, -0.25) is 14.9 Å². The second-order valence-electron chi connectivity index (χ2n) is 7.82. The molecule has 0 aliphatic carbocycles. The first-order valence-electron chi connectivity index (χ1n) is 9.76. The Bertz CT molecular complexity index is 1270.